The number of likely N-dealkylation sites (tertiary alicyclic amines) is 1. The Balaban J connectivity index is 2.44. The van der Waals surface area contributed by atoms with Gasteiger partial charge in [-0.25, -0.2) is 0 Å². The predicted molar refractivity (Wildman–Crippen MR) is 86.5 cm³/mol. The van der Waals surface area contributed by atoms with E-state index in [1.807, 2.05) is 20.9 Å². The minimum atomic E-state index is -0.614. The van der Waals surface area contributed by atoms with E-state index in [1.165, 1.54) is 25.9 Å². The monoisotopic (exact) mass is 299 g/mol. The fourth-order valence-electron chi connectivity index (χ4n) is 2.85. The van der Waals surface area contributed by atoms with E-state index in [-0.39, 0.29) is 5.97 Å². The van der Waals surface area contributed by atoms with Gasteiger partial charge < -0.3 is 19.9 Å². The fourth-order valence-corrected chi connectivity index (χ4v) is 2.85. The van der Waals surface area contributed by atoms with Crippen LogP contribution in [0, 0.1) is 0 Å². The SMILES string of the molecule is CCOC(=O)C(C)(CC(C)N(C)CCN1CCCC1)NC. The van der Waals surface area contributed by atoms with Crippen LogP contribution in [0.25, 0.3) is 0 Å². The van der Waals surface area contributed by atoms with Crippen molar-refractivity contribution < 1.29 is 9.53 Å². The summed E-state index contributed by atoms with van der Waals surface area (Å²) in [6, 6.07) is 0.328. The maximum absolute atomic E-state index is 12.1. The molecule has 1 aliphatic rings. The van der Waals surface area contributed by atoms with Crippen molar-refractivity contribution >= 4 is 5.97 Å². The molecule has 0 aromatic rings. The summed E-state index contributed by atoms with van der Waals surface area (Å²) in [5, 5.41) is 3.13. The number of nitrogens with zero attached hydrogens (tertiary/aromatic N) is 2. The number of likely N-dealkylation sites (N-methyl/N-ethyl adjacent to an activating group) is 2. The Labute approximate surface area is 130 Å². The third-order valence-electron chi connectivity index (χ3n) is 4.70. The van der Waals surface area contributed by atoms with Gasteiger partial charge in [-0.05, 0) is 67.2 Å². The Hall–Kier alpha value is -0.650. The van der Waals surface area contributed by atoms with Crippen LogP contribution in [0.2, 0.25) is 0 Å². The largest absolute Gasteiger partial charge is 0.465 e. The van der Waals surface area contributed by atoms with Gasteiger partial charge in [0.25, 0.3) is 0 Å². The van der Waals surface area contributed by atoms with Gasteiger partial charge in [-0.15, -0.1) is 0 Å². The standard InChI is InChI=1S/C16H33N3O2/c1-6-21-15(20)16(3,17-4)13-14(2)18(5)11-12-19-9-7-8-10-19/h14,17H,6-13H2,1-5H3. The van der Waals surface area contributed by atoms with Crippen LogP contribution in [0.3, 0.4) is 0 Å². The maximum atomic E-state index is 12.1. The number of nitrogens with one attached hydrogen (secondary N) is 1. The molecule has 2 atom stereocenters. The summed E-state index contributed by atoms with van der Waals surface area (Å²) in [5.74, 6) is -0.160. The van der Waals surface area contributed by atoms with Crippen LogP contribution >= 0.6 is 0 Å². The molecule has 1 heterocycles. The summed E-state index contributed by atoms with van der Waals surface area (Å²) in [7, 11) is 3.97. The minimum absolute atomic E-state index is 0.160. The molecule has 5 heteroatoms. The smallest absolute Gasteiger partial charge is 0.326 e. The topological polar surface area (TPSA) is 44.8 Å². The van der Waals surface area contributed by atoms with Crippen molar-refractivity contribution in [3.63, 3.8) is 0 Å². The van der Waals surface area contributed by atoms with Gasteiger partial charge in [0.1, 0.15) is 5.54 Å². The molecule has 21 heavy (non-hydrogen) atoms. The summed E-state index contributed by atoms with van der Waals surface area (Å²) in [4.78, 5) is 17.0. The summed E-state index contributed by atoms with van der Waals surface area (Å²) in [6.07, 6.45) is 3.42. The van der Waals surface area contributed by atoms with Crippen LogP contribution in [-0.4, -0.2) is 74.2 Å². The molecule has 5 nitrogen and oxygen atoms in total. The highest BCUT2D eigenvalue weighted by molar-refractivity contribution is 5.80. The summed E-state index contributed by atoms with van der Waals surface area (Å²) in [5.41, 5.74) is -0.614. The lowest BCUT2D eigenvalue weighted by Crippen LogP contribution is -2.52. The number of hydrogen-bond acceptors (Lipinski definition) is 5. The summed E-state index contributed by atoms with van der Waals surface area (Å²) < 4.78 is 5.19. The highest BCUT2D eigenvalue weighted by Gasteiger charge is 2.35. The zero-order valence-electron chi connectivity index (χ0n) is 14.4. The van der Waals surface area contributed by atoms with Crippen molar-refractivity contribution in [1.82, 2.24) is 15.1 Å². The first-order chi connectivity index (χ1) is 9.92. The lowest BCUT2D eigenvalue weighted by molar-refractivity contribution is -0.151. The molecular formula is C16H33N3O2. The Morgan fingerprint density at radius 1 is 1.43 bits per heavy atom. The number of rotatable bonds is 9. The van der Waals surface area contributed by atoms with E-state index in [0.29, 0.717) is 12.6 Å². The zero-order valence-corrected chi connectivity index (χ0v) is 14.4. The minimum Gasteiger partial charge on any atom is -0.465 e. The summed E-state index contributed by atoms with van der Waals surface area (Å²) >= 11 is 0. The molecule has 0 radical (unpaired) electrons. The van der Waals surface area contributed by atoms with E-state index in [1.54, 1.807) is 0 Å². The Kier molecular flexibility index (Phi) is 7.63. The van der Waals surface area contributed by atoms with Crippen molar-refractivity contribution in [2.45, 2.75) is 51.6 Å². The van der Waals surface area contributed by atoms with E-state index in [2.05, 4.69) is 29.1 Å². The van der Waals surface area contributed by atoms with Crippen LogP contribution < -0.4 is 5.32 Å². The molecular weight excluding hydrogens is 266 g/mol. The predicted octanol–water partition coefficient (Wildman–Crippen LogP) is 1.33. The maximum Gasteiger partial charge on any atom is 0.326 e. The van der Waals surface area contributed by atoms with E-state index >= 15 is 0 Å². The van der Waals surface area contributed by atoms with Crippen LogP contribution in [0.15, 0.2) is 0 Å². The molecule has 124 valence electrons. The van der Waals surface area contributed by atoms with E-state index in [4.69, 9.17) is 4.74 Å². The van der Waals surface area contributed by atoms with Crippen molar-refractivity contribution in [3.05, 3.63) is 0 Å². The number of hydrogen-bond donors (Lipinski definition) is 1. The van der Waals surface area contributed by atoms with Gasteiger partial charge in [-0.2, -0.15) is 0 Å². The van der Waals surface area contributed by atoms with Gasteiger partial charge in [0.2, 0.25) is 0 Å². The van der Waals surface area contributed by atoms with Crippen LogP contribution in [0.5, 0.6) is 0 Å². The molecule has 0 aliphatic carbocycles. The molecule has 2 unspecified atom stereocenters. The Morgan fingerprint density at radius 2 is 2.05 bits per heavy atom. The average Bonchev–Trinajstić information content (AvgIpc) is 2.97. The average molecular weight is 299 g/mol. The molecule has 0 amide bonds. The summed E-state index contributed by atoms with van der Waals surface area (Å²) in [6.45, 7) is 11.0. The molecule has 1 saturated heterocycles. The van der Waals surface area contributed by atoms with Crippen molar-refractivity contribution in [3.8, 4) is 0 Å². The lowest BCUT2D eigenvalue weighted by atomic mass is 9.93. The highest BCUT2D eigenvalue weighted by Crippen LogP contribution is 2.17. The van der Waals surface area contributed by atoms with E-state index < -0.39 is 5.54 Å². The van der Waals surface area contributed by atoms with Crippen LogP contribution in [-0.2, 0) is 9.53 Å². The normalized spacial score (nSPS) is 20.5. The second-order valence-electron chi connectivity index (χ2n) is 6.39. The molecule has 1 aliphatic heterocycles. The quantitative estimate of drug-likeness (QED) is 0.651. The van der Waals surface area contributed by atoms with Crippen molar-refractivity contribution in [2.24, 2.45) is 0 Å². The number of esters is 1. The second kappa shape index (κ2) is 8.71. The first-order valence-electron chi connectivity index (χ1n) is 8.21. The molecule has 1 N–H and O–H groups in total. The van der Waals surface area contributed by atoms with E-state index in [9.17, 15) is 4.79 Å². The molecule has 0 aromatic heterocycles. The third-order valence-corrected chi connectivity index (χ3v) is 4.70. The second-order valence-corrected chi connectivity index (χ2v) is 6.39. The van der Waals surface area contributed by atoms with E-state index in [0.717, 1.165) is 19.5 Å². The molecule has 0 aromatic carbocycles. The highest BCUT2D eigenvalue weighted by atomic mass is 16.5. The van der Waals surface area contributed by atoms with Crippen LogP contribution in [0.4, 0.5) is 0 Å². The first kappa shape index (κ1) is 18.4. The van der Waals surface area contributed by atoms with Crippen molar-refractivity contribution in [2.75, 3.05) is 46.9 Å². The number of ether oxygens (including phenoxy) is 1. The van der Waals surface area contributed by atoms with Gasteiger partial charge in [-0.3, -0.25) is 4.79 Å². The Morgan fingerprint density at radius 3 is 2.57 bits per heavy atom. The molecule has 0 bridgehead atoms. The van der Waals surface area contributed by atoms with Crippen molar-refractivity contribution in [1.29, 1.82) is 0 Å². The molecule has 0 saturated carbocycles. The van der Waals surface area contributed by atoms with Gasteiger partial charge in [0, 0.05) is 19.1 Å². The molecule has 1 rings (SSSR count). The molecule has 0 spiro atoms. The van der Waals surface area contributed by atoms with Crippen LogP contribution in [0.1, 0.15) is 40.0 Å². The fraction of sp³-hybridized carbons (Fsp3) is 0.938. The number of carbonyl (C=O) groups is 1. The van der Waals surface area contributed by atoms with Gasteiger partial charge >= 0.3 is 5.97 Å². The van der Waals surface area contributed by atoms with Gasteiger partial charge in [0.05, 0.1) is 6.61 Å². The van der Waals surface area contributed by atoms with Gasteiger partial charge in [-0.1, -0.05) is 0 Å². The number of carbonyl (C=O) groups excluding carboxylic acids is 1. The third kappa shape index (κ3) is 5.57. The molecule has 1 fully saturated rings. The lowest BCUT2D eigenvalue weighted by Gasteiger charge is -2.34. The first-order valence-corrected chi connectivity index (χ1v) is 8.21. The Bertz CT molecular complexity index is 319. The van der Waals surface area contributed by atoms with Gasteiger partial charge in [0.15, 0.2) is 0 Å². The zero-order chi connectivity index (χ0) is 15.9.